The molecule has 2 N–H and O–H groups in total. The molecule has 2 heterocycles. The second-order valence-electron chi connectivity index (χ2n) is 4.95. The van der Waals surface area contributed by atoms with Gasteiger partial charge in [0.25, 0.3) is 11.6 Å². The molecule has 0 aliphatic carbocycles. The Bertz CT molecular complexity index is 824. The third-order valence-electron chi connectivity index (χ3n) is 3.38. The lowest BCUT2D eigenvalue weighted by Gasteiger charge is -2.07. The summed E-state index contributed by atoms with van der Waals surface area (Å²) >= 11 is 4.89. The van der Waals surface area contributed by atoms with E-state index < -0.39 is 4.92 Å². The average molecular weight is 328 g/mol. The SMILES string of the molecule is O=C1NC(=S)N/C1=C\c1cccn1Cc1ccc([N+](=O)[O-])cc1. The largest absolute Gasteiger partial charge is 0.343 e. The van der Waals surface area contributed by atoms with Crippen LogP contribution < -0.4 is 10.6 Å². The standard InChI is InChI=1S/C15H12N4O3S/c20-14-13(16-15(23)17-14)8-12-2-1-7-18(12)9-10-3-5-11(6-4-10)19(21)22/h1-8H,9H2,(H2,16,17,20,23)/b13-8-. The van der Waals surface area contributed by atoms with E-state index in [1.54, 1.807) is 18.2 Å². The van der Waals surface area contributed by atoms with E-state index in [0.29, 0.717) is 12.2 Å². The summed E-state index contributed by atoms with van der Waals surface area (Å²) in [5, 5.41) is 16.3. The van der Waals surface area contributed by atoms with Crippen LogP contribution in [-0.4, -0.2) is 20.5 Å². The Morgan fingerprint density at radius 3 is 2.57 bits per heavy atom. The summed E-state index contributed by atoms with van der Waals surface area (Å²) in [6, 6.07) is 10.1. The van der Waals surface area contributed by atoms with Crippen LogP contribution >= 0.6 is 12.2 Å². The van der Waals surface area contributed by atoms with Gasteiger partial charge in [-0.05, 0) is 36.0 Å². The van der Waals surface area contributed by atoms with Crippen LogP contribution in [0.5, 0.6) is 0 Å². The Morgan fingerprint density at radius 1 is 1.22 bits per heavy atom. The van der Waals surface area contributed by atoms with Crippen molar-refractivity contribution in [2.45, 2.75) is 6.54 Å². The quantitative estimate of drug-likeness (QED) is 0.386. The molecular formula is C15H12N4O3S. The number of amides is 1. The van der Waals surface area contributed by atoms with Crippen LogP contribution in [0.1, 0.15) is 11.3 Å². The molecule has 0 radical (unpaired) electrons. The minimum absolute atomic E-state index is 0.0592. The molecule has 1 aliphatic rings. The van der Waals surface area contributed by atoms with E-state index in [4.69, 9.17) is 12.2 Å². The molecule has 0 saturated carbocycles. The lowest BCUT2D eigenvalue weighted by molar-refractivity contribution is -0.384. The highest BCUT2D eigenvalue weighted by Crippen LogP contribution is 2.15. The number of nitro benzene ring substituents is 1. The van der Waals surface area contributed by atoms with E-state index in [2.05, 4.69) is 10.6 Å². The monoisotopic (exact) mass is 328 g/mol. The Kier molecular flexibility index (Phi) is 3.90. The number of aromatic nitrogens is 1. The van der Waals surface area contributed by atoms with Crippen molar-refractivity contribution in [3.05, 3.63) is 69.7 Å². The fourth-order valence-corrected chi connectivity index (χ4v) is 2.46. The smallest absolute Gasteiger partial charge is 0.273 e. The highest BCUT2D eigenvalue weighted by Gasteiger charge is 2.20. The molecule has 1 fully saturated rings. The second-order valence-corrected chi connectivity index (χ2v) is 5.36. The fraction of sp³-hybridized carbons (Fsp3) is 0.0667. The molecule has 23 heavy (non-hydrogen) atoms. The zero-order valence-electron chi connectivity index (χ0n) is 11.9. The molecule has 1 aromatic heterocycles. The van der Waals surface area contributed by atoms with Gasteiger partial charge in [0.1, 0.15) is 5.70 Å². The predicted octanol–water partition coefficient (Wildman–Crippen LogP) is 1.79. The first-order valence-electron chi connectivity index (χ1n) is 6.75. The maximum absolute atomic E-state index is 11.7. The van der Waals surface area contributed by atoms with Crippen LogP contribution in [0.15, 0.2) is 48.3 Å². The van der Waals surface area contributed by atoms with Gasteiger partial charge in [-0.2, -0.15) is 0 Å². The molecule has 0 unspecified atom stereocenters. The van der Waals surface area contributed by atoms with Crippen molar-refractivity contribution in [1.29, 1.82) is 0 Å². The first-order valence-corrected chi connectivity index (χ1v) is 7.16. The van der Waals surface area contributed by atoms with Crippen LogP contribution in [0, 0.1) is 10.1 Å². The first kappa shape index (κ1) is 14.9. The van der Waals surface area contributed by atoms with Gasteiger partial charge in [-0.25, -0.2) is 0 Å². The van der Waals surface area contributed by atoms with Crippen molar-refractivity contribution < 1.29 is 9.72 Å². The van der Waals surface area contributed by atoms with Crippen LogP contribution in [0.4, 0.5) is 5.69 Å². The van der Waals surface area contributed by atoms with Crippen molar-refractivity contribution in [1.82, 2.24) is 15.2 Å². The Morgan fingerprint density at radius 2 is 1.96 bits per heavy atom. The van der Waals surface area contributed by atoms with Gasteiger partial charge in [0.05, 0.1) is 4.92 Å². The number of thiocarbonyl (C=S) groups is 1. The highest BCUT2D eigenvalue weighted by atomic mass is 32.1. The molecule has 1 aliphatic heterocycles. The summed E-state index contributed by atoms with van der Waals surface area (Å²) in [4.78, 5) is 21.9. The molecule has 0 atom stereocenters. The van der Waals surface area contributed by atoms with Crippen LogP contribution in [0.2, 0.25) is 0 Å². The zero-order valence-corrected chi connectivity index (χ0v) is 12.7. The number of non-ortho nitro benzene ring substituents is 1. The molecule has 0 bridgehead atoms. The number of carbonyl (C=O) groups is 1. The number of nitro groups is 1. The van der Waals surface area contributed by atoms with Crippen molar-refractivity contribution in [2.75, 3.05) is 0 Å². The van der Waals surface area contributed by atoms with E-state index in [0.717, 1.165) is 11.3 Å². The van der Waals surface area contributed by atoms with Gasteiger partial charge in [0.2, 0.25) is 0 Å². The van der Waals surface area contributed by atoms with E-state index >= 15 is 0 Å². The summed E-state index contributed by atoms with van der Waals surface area (Å²) in [5.41, 5.74) is 2.19. The summed E-state index contributed by atoms with van der Waals surface area (Å²) in [6.07, 6.45) is 3.58. The predicted molar refractivity (Wildman–Crippen MR) is 88.5 cm³/mol. The van der Waals surface area contributed by atoms with E-state index in [-0.39, 0.29) is 16.7 Å². The molecule has 3 rings (SSSR count). The maximum atomic E-state index is 11.7. The van der Waals surface area contributed by atoms with E-state index in [1.807, 2.05) is 22.9 Å². The van der Waals surface area contributed by atoms with Crippen molar-refractivity contribution >= 4 is 35.0 Å². The lowest BCUT2D eigenvalue weighted by atomic mass is 10.2. The average Bonchev–Trinajstić information content (AvgIpc) is 3.07. The van der Waals surface area contributed by atoms with Gasteiger partial charge >= 0.3 is 0 Å². The van der Waals surface area contributed by atoms with E-state index in [9.17, 15) is 14.9 Å². The number of benzene rings is 1. The fourth-order valence-electron chi connectivity index (χ4n) is 2.25. The number of nitrogens with zero attached hydrogens (tertiary/aromatic N) is 2. The summed E-state index contributed by atoms with van der Waals surface area (Å²) in [7, 11) is 0. The Labute approximate surface area is 136 Å². The molecule has 8 heteroatoms. The maximum Gasteiger partial charge on any atom is 0.273 e. The minimum Gasteiger partial charge on any atom is -0.343 e. The molecular weight excluding hydrogens is 316 g/mol. The minimum atomic E-state index is -0.428. The Hall–Kier alpha value is -3.00. The van der Waals surface area contributed by atoms with Gasteiger partial charge in [0.15, 0.2) is 5.11 Å². The molecule has 1 aromatic carbocycles. The van der Waals surface area contributed by atoms with Crippen LogP contribution in [0.3, 0.4) is 0 Å². The van der Waals surface area contributed by atoms with Gasteiger partial charge < -0.3 is 9.88 Å². The second kappa shape index (κ2) is 6.01. The Balaban J connectivity index is 1.81. The highest BCUT2D eigenvalue weighted by molar-refractivity contribution is 7.80. The van der Waals surface area contributed by atoms with Gasteiger partial charge in [-0.3, -0.25) is 20.2 Å². The molecule has 1 amide bonds. The third-order valence-corrected chi connectivity index (χ3v) is 3.58. The van der Waals surface area contributed by atoms with Crippen LogP contribution in [-0.2, 0) is 11.3 Å². The molecule has 7 nitrogen and oxygen atoms in total. The van der Waals surface area contributed by atoms with Gasteiger partial charge in [-0.1, -0.05) is 12.1 Å². The lowest BCUT2D eigenvalue weighted by Crippen LogP contribution is -2.21. The number of hydrogen-bond acceptors (Lipinski definition) is 4. The normalized spacial score (nSPS) is 15.6. The summed E-state index contributed by atoms with van der Waals surface area (Å²) in [6.45, 7) is 0.538. The third kappa shape index (κ3) is 3.27. The zero-order chi connectivity index (χ0) is 16.4. The van der Waals surface area contributed by atoms with Crippen molar-refractivity contribution in [2.24, 2.45) is 0 Å². The first-order chi connectivity index (χ1) is 11.0. The molecule has 116 valence electrons. The van der Waals surface area contributed by atoms with Gasteiger partial charge in [0, 0.05) is 30.6 Å². The van der Waals surface area contributed by atoms with Gasteiger partial charge in [-0.15, -0.1) is 0 Å². The van der Waals surface area contributed by atoms with Crippen molar-refractivity contribution in [3.63, 3.8) is 0 Å². The number of nitrogens with one attached hydrogen (secondary N) is 2. The molecule has 2 aromatic rings. The number of carbonyl (C=O) groups excluding carboxylic acids is 1. The number of hydrogen-bond donors (Lipinski definition) is 2. The van der Waals surface area contributed by atoms with Crippen LogP contribution in [0.25, 0.3) is 6.08 Å². The summed E-state index contributed by atoms with van der Waals surface area (Å²) < 4.78 is 1.94. The summed E-state index contributed by atoms with van der Waals surface area (Å²) in [5.74, 6) is -0.266. The van der Waals surface area contributed by atoms with E-state index in [1.165, 1.54) is 12.1 Å². The molecule has 0 spiro atoms. The van der Waals surface area contributed by atoms with Crippen molar-refractivity contribution in [3.8, 4) is 0 Å². The topological polar surface area (TPSA) is 89.2 Å². The molecule has 1 saturated heterocycles. The number of rotatable bonds is 4.